The number of benzene rings is 2. The van der Waals surface area contributed by atoms with Gasteiger partial charge in [-0.2, -0.15) is 0 Å². The van der Waals surface area contributed by atoms with E-state index in [1.165, 1.54) is 0 Å². The van der Waals surface area contributed by atoms with Crippen molar-refractivity contribution in [3.05, 3.63) is 70.7 Å². The second-order valence-electron chi connectivity index (χ2n) is 5.82. The lowest BCUT2D eigenvalue weighted by molar-refractivity contribution is -0.00672. The number of piperidine rings is 1. The summed E-state index contributed by atoms with van der Waals surface area (Å²) in [5.41, 5.74) is 1.84. The Labute approximate surface area is 141 Å². The average Bonchev–Trinajstić information content (AvgIpc) is 2.61. The standard InChI is InChI=1S/C19H20ClNO2/c20-17-10-8-16(9-11-17)19(22)21-12-4-7-18(13-21)23-14-15-5-2-1-3-6-15/h1-3,5-6,8-11,18H,4,7,12-14H2. The van der Waals surface area contributed by atoms with Crippen LogP contribution in [0.3, 0.4) is 0 Å². The molecule has 1 aliphatic heterocycles. The highest BCUT2D eigenvalue weighted by Crippen LogP contribution is 2.18. The topological polar surface area (TPSA) is 29.5 Å². The third-order valence-corrected chi connectivity index (χ3v) is 4.34. The van der Waals surface area contributed by atoms with Crippen molar-refractivity contribution >= 4 is 17.5 Å². The molecule has 1 unspecified atom stereocenters. The van der Waals surface area contributed by atoms with Crippen molar-refractivity contribution in [2.75, 3.05) is 13.1 Å². The zero-order chi connectivity index (χ0) is 16.1. The number of nitrogens with zero attached hydrogens (tertiary/aromatic N) is 1. The van der Waals surface area contributed by atoms with Gasteiger partial charge in [0, 0.05) is 23.7 Å². The molecule has 1 heterocycles. The molecular weight excluding hydrogens is 310 g/mol. The molecule has 3 nitrogen and oxygen atoms in total. The van der Waals surface area contributed by atoms with Crippen molar-refractivity contribution in [2.45, 2.75) is 25.6 Å². The van der Waals surface area contributed by atoms with Crippen LogP contribution < -0.4 is 0 Å². The van der Waals surface area contributed by atoms with Gasteiger partial charge in [-0.05, 0) is 42.7 Å². The Hall–Kier alpha value is -1.84. The lowest BCUT2D eigenvalue weighted by Crippen LogP contribution is -2.43. The Morgan fingerprint density at radius 1 is 1.13 bits per heavy atom. The summed E-state index contributed by atoms with van der Waals surface area (Å²) in [5, 5.41) is 0.643. The van der Waals surface area contributed by atoms with E-state index in [0.717, 1.165) is 24.9 Å². The van der Waals surface area contributed by atoms with E-state index in [-0.39, 0.29) is 12.0 Å². The summed E-state index contributed by atoms with van der Waals surface area (Å²) in [4.78, 5) is 14.4. The smallest absolute Gasteiger partial charge is 0.253 e. The maximum Gasteiger partial charge on any atom is 0.253 e. The van der Waals surface area contributed by atoms with Gasteiger partial charge in [-0.1, -0.05) is 41.9 Å². The highest BCUT2D eigenvalue weighted by Gasteiger charge is 2.24. The van der Waals surface area contributed by atoms with Crippen molar-refractivity contribution in [3.8, 4) is 0 Å². The van der Waals surface area contributed by atoms with Gasteiger partial charge < -0.3 is 9.64 Å². The van der Waals surface area contributed by atoms with E-state index in [0.29, 0.717) is 23.7 Å². The van der Waals surface area contributed by atoms with Crippen molar-refractivity contribution < 1.29 is 9.53 Å². The molecule has 1 saturated heterocycles. The van der Waals surface area contributed by atoms with Crippen molar-refractivity contribution in [1.82, 2.24) is 4.90 Å². The van der Waals surface area contributed by atoms with Crippen LogP contribution in [0.2, 0.25) is 5.02 Å². The van der Waals surface area contributed by atoms with E-state index in [9.17, 15) is 4.79 Å². The molecule has 0 N–H and O–H groups in total. The quantitative estimate of drug-likeness (QED) is 0.843. The largest absolute Gasteiger partial charge is 0.372 e. The van der Waals surface area contributed by atoms with Gasteiger partial charge in [0.1, 0.15) is 0 Å². The van der Waals surface area contributed by atoms with Gasteiger partial charge in [0.25, 0.3) is 5.91 Å². The fraction of sp³-hybridized carbons (Fsp3) is 0.316. The van der Waals surface area contributed by atoms with Gasteiger partial charge in [0.15, 0.2) is 0 Å². The number of ether oxygens (including phenoxy) is 1. The highest BCUT2D eigenvalue weighted by atomic mass is 35.5. The van der Waals surface area contributed by atoms with Crippen LogP contribution in [0.25, 0.3) is 0 Å². The van der Waals surface area contributed by atoms with E-state index in [2.05, 4.69) is 12.1 Å². The molecule has 0 aromatic heterocycles. The maximum atomic E-state index is 12.6. The summed E-state index contributed by atoms with van der Waals surface area (Å²) in [6.45, 7) is 2.02. The summed E-state index contributed by atoms with van der Waals surface area (Å²) in [6.07, 6.45) is 2.07. The van der Waals surface area contributed by atoms with Gasteiger partial charge in [-0.25, -0.2) is 0 Å². The summed E-state index contributed by atoms with van der Waals surface area (Å²) < 4.78 is 5.99. The predicted octanol–water partition coefficient (Wildman–Crippen LogP) is 4.16. The normalized spacial score (nSPS) is 18.0. The van der Waals surface area contributed by atoms with E-state index in [1.807, 2.05) is 23.1 Å². The molecule has 0 bridgehead atoms. The molecule has 23 heavy (non-hydrogen) atoms. The Kier molecular flexibility index (Phi) is 5.31. The van der Waals surface area contributed by atoms with Crippen LogP contribution in [0.1, 0.15) is 28.8 Å². The SMILES string of the molecule is O=C(c1ccc(Cl)cc1)N1CCCC(OCc2ccccc2)C1. The molecule has 4 heteroatoms. The van der Waals surface area contributed by atoms with Crippen molar-refractivity contribution in [2.24, 2.45) is 0 Å². The first-order valence-corrected chi connectivity index (χ1v) is 8.30. The molecule has 2 aromatic rings. The molecular formula is C19H20ClNO2. The first kappa shape index (κ1) is 16.0. The summed E-state index contributed by atoms with van der Waals surface area (Å²) in [7, 11) is 0. The van der Waals surface area contributed by atoms with Crippen molar-refractivity contribution in [3.63, 3.8) is 0 Å². The molecule has 1 atom stereocenters. The van der Waals surface area contributed by atoms with Crippen LogP contribution in [-0.4, -0.2) is 30.0 Å². The number of hydrogen-bond acceptors (Lipinski definition) is 2. The number of amides is 1. The zero-order valence-electron chi connectivity index (χ0n) is 13.0. The monoisotopic (exact) mass is 329 g/mol. The average molecular weight is 330 g/mol. The minimum absolute atomic E-state index is 0.0506. The minimum atomic E-state index is 0.0506. The van der Waals surface area contributed by atoms with Crippen LogP contribution in [0.15, 0.2) is 54.6 Å². The van der Waals surface area contributed by atoms with E-state index in [1.54, 1.807) is 24.3 Å². The number of hydrogen-bond donors (Lipinski definition) is 0. The molecule has 1 aliphatic rings. The van der Waals surface area contributed by atoms with Gasteiger partial charge in [-0.15, -0.1) is 0 Å². The van der Waals surface area contributed by atoms with Crippen molar-refractivity contribution in [1.29, 1.82) is 0 Å². The van der Waals surface area contributed by atoms with Crippen LogP contribution in [0.5, 0.6) is 0 Å². The molecule has 120 valence electrons. The number of carbonyl (C=O) groups excluding carboxylic acids is 1. The highest BCUT2D eigenvalue weighted by molar-refractivity contribution is 6.30. The second kappa shape index (κ2) is 7.62. The third-order valence-electron chi connectivity index (χ3n) is 4.09. The second-order valence-corrected chi connectivity index (χ2v) is 6.26. The fourth-order valence-corrected chi connectivity index (χ4v) is 2.95. The molecule has 0 saturated carbocycles. The molecule has 3 rings (SSSR count). The number of carbonyl (C=O) groups is 1. The Balaban J connectivity index is 1.57. The van der Waals surface area contributed by atoms with Gasteiger partial charge in [0.2, 0.25) is 0 Å². The maximum absolute atomic E-state index is 12.6. The van der Waals surface area contributed by atoms with Gasteiger partial charge >= 0.3 is 0 Å². The van der Waals surface area contributed by atoms with E-state index in [4.69, 9.17) is 16.3 Å². The molecule has 1 fully saturated rings. The Morgan fingerprint density at radius 2 is 1.87 bits per heavy atom. The number of likely N-dealkylation sites (tertiary alicyclic amines) is 1. The van der Waals surface area contributed by atoms with Crippen LogP contribution in [0.4, 0.5) is 0 Å². The lowest BCUT2D eigenvalue weighted by Gasteiger charge is -2.32. The fourth-order valence-electron chi connectivity index (χ4n) is 2.82. The molecule has 2 aromatic carbocycles. The Morgan fingerprint density at radius 3 is 2.61 bits per heavy atom. The predicted molar refractivity (Wildman–Crippen MR) is 91.6 cm³/mol. The van der Waals surface area contributed by atoms with E-state index < -0.39 is 0 Å². The summed E-state index contributed by atoms with van der Waals surface area (Å²) in [6, 6.07) is 17.2. The Bertz CT molecular complexity index is 642. The zero-order valence-corrected chi connectivity index (χ0v) is 13.7. The van der Waals surface area contributed by atoms with Crippen LogP contribution >= 0.6 is 11.6 Å². The lowest BCUT2D eigenvalue weighted by atomic mass is 10.1. The van der Waals surface area contributed by atoms with Gasteiger partial charge in [-0.3, -0.25) is 4.79 Å². The summed E-state index contributed by atoms with van der Waals surface area (Å²) >= 11 is 5.88. The first-order chi connectivity index (χ1) is 11.2. The third kappa shape index (κ3) is 4.34. The van der Waals surface area contributed by atoms with Crippen LogP contribution in [-0.2, 0) is 11.3 Å². The molecule has 0 aliphatic carbocycles. The molecule has 1 amide bonds. The van der Waals surface area contributed by atoms with E-state index >= 15 is 0 Å². The summed E-state index contributed by atoms with van der Waals surface area (Å²) in [5.74, 6) is 0.0506. The molecule has 0 spiro atoms. The number of halogens is 1. The van der Waals surface area contributed by atoms with Crippen LogP contribution in [0, 0.1) is 0 Å². The van der Waals surface area contributed by atoms with Gasteiger partial charge in [0.05, 0.1) is 12.7 Å². The molecule has 0 radical (unpaired) electrons. The minimum Gasteiger partial charge on any atom is -0.372 e. The first-order valence-electron chi connectivity index (χ1n) is 7.93. The number of rotatable bonds is 4.